The maximum absolute atomic E-state index is 12.2. The third-order valence-corrected chi connectivity index (χ3v) is 4.00. The molecule has 1 aliphatic rings. The second-order valence-electron chi connectivity index (χ2n) is 5.93. The van der Waals surface area contributed by atoms with Crippen LogP contribution in [0, 0.1) is 0 Å². The van der Waals surface area contributed by atoms with Crippen molar-refractivity contribution in [3.8, 4) is 0 Å². The molecule has 0 aliphatic carbocycles. The molecule has 0 bridgehead atoms. The molecule has 7 nitrogen and oxygen atoms in total. The number of hydrogen-bond acceptors (Lipinski definition) is 3. The van der Waals surface area contributed by atoms with Gasteiger partial charge in [-0.2, -0.15) is 5.10 Å². The summed E-state index contributed by atoms with van der Waals surface area (Å²) in [5.74, 6) is 1.80. The van der Waals surface area contributed by atoms with Crippen LogP contribution in [-0.2, 0) is 19.5 Å². The molecule has 1 aromatic heterocycles. The van der Waals surface area contributed by atoms with Crippen molar-refractivity contribution in [2.24, 2.45) is 4.99 Å². The molecule has 0 aromatic carbocycles. The summed E-state index contributed by atoms with van der Waals surface area (Å²) in [6, 6.07) is 0. The van der Waals surface area contributed by atoms with Crippen LogP contribution in [0.15, 0.2) is 9.79 Å². The van der Waals surface area contributed by atoms with Crippen molar-refractivity contribution in [3.05, 3.63) is 16.3 Å². The Labute approximate surface area is 138 Å². The van der Waals surface area contributed by atoms with Gasteiger partial charge in [-0.25, -0.2) is 9.48 Å². The number of guanidine groups is 1. The molecule has 1 aliphatic heterocycles. The maximum Gasteiger partial charge on any atom is 0.345 e. The Morgan fingerprint density at radius 3 is 2.87 bits per heavy atom. The summed E-state index contributed by atoms with van der Waals surface area (Å²) in [4.78, 5) is 16.8. The summed E-state index contributed by atoms with van der Waals surface area (Å²) in [5, 5.41) is 11.0. The van der Waals surface area contributed by atoms with E-state index in [1.54, 1.807) is 4.68 Å². The van der Waals surface area contributed by atoms with Crippen molar-refractivity contribution in [3.63, 3.8) is 0 Å². The largest absolute Gasteiger partial charge is 0.357 e. The minimum Gasteiger partial charge on any atom is -0.357 e. The molecule has 130 valence electrons. The first-order valence-electron chi connectivity index (χ1n) is 8.95. The molecule has 0 saturated heterocycles. The van der Waals surface area contributed by atoms with Gasteiger partial charge in [0.2, 0.25) is 0 Å². The van der Waals surface area contributed by atoms with Crippen molar-refractivity contribution in [1.29, 1.82) is 0 Å². The summed E-state index contributed by atoms with van der Waals surface area (Å²) in [5.41, 5.74) is 0.0386. The zero-order valence-electron chi connectivity index (χ0n) is 14.5. The van der Waals surface area contributed by atoms with Crippen LogP contribution in [-0.4, -0.2) is 39.9 Å². The van der Waals surface area contributed by atoms with Crippen LogP contribution >= 0.6 is 0 Å². The molecule has 2 N–H and O–H groups in total. The first-order valence-corrected chi connectivity index (χ1v) is 8.95. The predicted octanol–water partition coefficient (Wildman–Crippen LogP) is 1.13. The van der Waals surface area contributed by atoms with Crippen molar-refractivity contribution in [2.45, 2.75) is 65.5 Å². The van der Waals surface area contributed by atoms with Crippen LogP contribution in [0.4, 0.5) is 0 Å². The number of aryl methyl sites for hydroxylation is 2. The Kier molecular flexibility index (Phi) is 7.16. The second kappa shape index (κ2) is 9.37. The van der Waals surface area contributed by atoms with Gasteiger partial charge in [0.1, 0.15) is 5.82 Å². The lowest BCUT2D eigenvalue weighted by atomic mass is 10.2. The molecule has 0 fully saturated rings. The molecule has 7 heteroatoms. The van der Waals surface area contributed by atoms with Gasteiger partial charge in [0, 0.05) is 39.1 Å². The van der Waals surface area contributed by atoms with E-state index in [0.29, 0.717) is 13.1 Å². The van der Waals surface area contributed by atoms with E-state index in [1.807, 2.05) is 4.57 Å². The highest BCUT2D eigenvalue weighted by atomic mass is 16.2. The van der Waals surface area contributed by atoms with E-state index in [2.05, 4.69) is 34.6 Å². The van der Waals surface area contributed by atoms with Crippen LogP contribution < -0.4 is 16.3 Å². The Bertz CT molecular complexity index is 559. The normalized spacial score (nSPS) is 14.6. The van der Waals surface area contributed by atoms with E-state index in [9.17, 15) is 4.79 Å². The number of fused-ring (bicyclic) bond motifs is 1. The average Bonchev–Trinajstić information content (AvgIpc) is 2.88. The van der Waals surface area contributed by atoms with Gasteiger partial charge < -0.3 is 10.6 Å². The monoisotopic (exact) mass is 322 g/mol. The number of nitrogens with one attached hydrogen (secondary N) is 2. The maximum atomic E-state index is 12.2. The molecule has 0 radical (unpaired) electrons. The van der Waals surface area contributed by atoms with E-state index in [-0.39, 0.29) is 5.69 Å². The molecular formula is C16H30N6O. The average molecular weight is 322 g/mol. The number of rotatable bonds is 8. The molecule has 23 heavy (non-hydrogen) atoms. The minimum atomic E-state index is 0.0386. The molecule has 1 aromatic rings. The van der Waals surface area contributed by atoms with Crippen molar-refractivity contribution in [2.75, 3.05) is 19.6 Å². The second-order valence-corrected chi connectivity index (χ2v) is 5.93. The van der Waals surface area contributed by atoms with Crippen molar-refractivity contribution >= 4 is 5.96 Å². The number of aliphatic imine (C=N–C) groups is 1. The SMILES string of the molecule is CCCCNC(=NCCCn1nc2n(c1=O)CCCC2)NCC. The van der Waals surface area contributed by atoms with Crippen LogP contribution in [0.5, 0.6) is 0 Å². The van der Waals surface area contributed by atoms with E-state index in [1.165, 1.54) is 6.42 Å². The van der Waals surface area contributed by atoms with Crippen LogP contribution in [0.25, 0.3) is 0 Å². The van der Waals surface area contributed by atoms with E-state index in [4.69, 9.17) is 0 Å². The zero-order valence-corrected chi connectivity index (χ0v) is 14.5. The first-order chi connectivity index (χ1) is 11.3. The standard InChI is InChI=1S/C16H30N6O/c1-3-5-10-18-15(17-4-2)19-11-8-13-22-16(23)21-12-7-6-9-14(21)20-22/h3-13H2,1-2H3,(H2,17,18,19). The molecule has 0 atom stereocenters. The fourth-order valence-corrected chi connectivity index (χ4v) is 2.73. The number of aromatic nitrogens is 3. The summed E-state index contributed by atoms with van der Waals surface area (Å²) in [6.07, 6.45) is 6.27. The highest BCUT2D eigenvalue weighted by Gasteiger charge is 2.15. The van der Waals surface area contributed by atoms with Gasteiger partial charge in [0.05, 0.1) is 0 Å². The molecule has 0 unspecified atom stereocenters. The van der Waals surface area contributed by atoms with Gasteiger partial charge >= 0.3 is 5.69 Å². The lowest BCUT2D eigenvalue weighted by molar-refractivity contribution is 0.509. The molecule has 2 rings (SSSR count). The Hall–Kier alpha value is -1.79. The highest BCUT2D eigenvalue weighted by Crippen LogP contribution is 2.09. The summed E-state index contributed by atoms with van der Waals surface area (Å²) in [7, 11) is 0. The smallest absolute Gasteiger partial charge is 0.345 e. The van der Waals surface area contributed by atoms with E-state index in [0.717, 1.165) is 63.5 Å². The summed E-state index contributed by atoms with van der Waals surface area (Å²) < 4.78 is 3.43. The van der Waals surface area contributed by atoms with E-state index < -0.39 is 0 Å². The number of nitrogens with zero attached hydrogens (tertiary/aromatic N) is 4. The van der Waals surface area contributed by atoms with Crippen LogP contribution in [0.3, 0.4) is 0 Å². The predicted molar refractivity (Wildman–Crippen MR) is 92.9 cm³/mol. The molecule has 0 spiro atoms. The molecule has 2 heterocycles. The summed E-state index contributed by atoms with van der Waals surface area (Å²) in [6.45, 7) is 8.17. The number of hydrogen-bond donors (Lipinski definition) is 2. The van der Waals surface area contributed by atoms with Gasteiger partial charge in [0.15, 0.2) is 5.96 Å². The van der Waals surface area contributed by atoms with Crippen LogP contribution in [0.1, 0.15) is 51.8 Å². The van der Waals surface area contributed by atoms with Crippen molar-refractivity contribution < 1.29 is 0 Å². The lowest BCUT2D eigenvalue weighted by Gasteiger charge is -2.10. The highest BCUT2D eigenvalue weighted by molar-refractivity contribution is 5.79. The quantitative estimate of drug-likeness (QED) is 0.427. The van der Waals surface area contributed by atoms with Gasteiger partial charge in [-0.3, -0.25) is 9.56 Å². The topological polar surface area (TPSA) is 76.2 Å². The minimum absolute atomic E-state index is 0.0386. The molecular weight excluding hydrogens is 292 g/mol. The fourth-order valence-electron chi connectivity index (χ4n) is 2.73. The van der Waals surface area contributed by atoms with Crippen LogP contribution in [0.2, 0.25) is 0 Å². The van der Waals surface area contributed by atoms with Gasteiger partial charge in [0.25, 0.3) is 0 Å². The summed E-state index contributed by atoms with van der Waals surface area (Å²) >= 11 is 0. The Morgan fingerprint density at radius 2 is 2.13 bits per heavy atom. The van der Waals surface area contributed by atoms with E-state index >= 15 is 0 Å². The first kappa shape index (κ1) is 17.6. The zero-order chi connectivity index (χ0) is 16.5. The molecule has 0 saturated carbocycles. The van der Waals surface area contributed by atoms with Gasteiger partial charge in [-0.1, -0.05) is 13.3 Å². The lowest BCUT2D eigenvalue weighted by Crippen LogP contribution is -2.37. The molecule has 0 amide bonds. The van der Waals surface area contributed by atoms with Crippen molar-refractivity contribution in [1.82, 2.24) is 25.0 Å². The third-order valence-electron chi connectivity index (χ3n) is 4.00. The third kappa shape index (κ3) is 5.11. The Morgan fingerprint density at radius 1 is 1.26 bits per heavy atom. The number of unbranched alkanes of at least 4 members (excludes halogenated alkanes) is 1. The Balaban J connectivity index is 1.82. The van der Waals surface area contributed by atoms with Gasteiger partial charge in [-0.15, -0.1) is 0 Å². The fraction of sp³-hybridized carbons (Fsp3) is 0.812. The van der Waals surface area contributed by atoms with Gasteiger partial charge in [-0.05, 0) is 32.6 Å².